The number of rotatable bonds is 4. The van der Waals surface area contributed by atoms with E-state index in [2.05, 4.69) is 49.4 Å². The van der Waals surface area contributed by atoms with Crippen LogP contribution in [0.1, 0.15) is 33.3 Å². The van der Waals surface area contributed by atoms with Gasteiger partial charge in [-0.3, -0.25) is 0 Å². The molecular weight excluding hydrogens is 186 g/mol. The van der Waals surface area contributed by atoms with Crippen LogP contribution in [0.25, 0.3) is 0 Å². The van der Waals surface area contributed by atoms with Gasteiger partial charge in [0.15, 0.2) is 0 Å². The van der Waals surface area contributed by atoms with Crippen LogP contribution in [0.2, 0.25) is 0 Å². The maximum Gasteiger partial charge on any atom is 0.126 e. The molecule has 0 amide bonds. The van der Waals surface area contributed by atoms with E-state index in [4.69, 9.17) is 0 Å². The summed E-state index contributed by atoms with van der Waals surface area (Å²) in [6.45, 7) is 10.4. The van der Waals surface area contributed by atoms with Gasteiger partial charge in [0.1, 0.15) is 5.82 Å². The van der Waals surface area contributed by atoms with E-state index >= 15 is 0 Å². The second-order valence-corrected chi connectivity index (χ2v) is 4.71. The van der Waals surface area contributed by atoms with E-state index in [0.29, 0.717) is 0 Å². The van der Waals surface area contributed by atoms with Gasteiger partial charge in [0, 0.05) is 18.3 Å². The van der Waals surface area contributed by atoms with Crippen molar-refractivity contribution in [3.63, 3.8) is 0 Å². The molecule has 0 aliphatic heterocycles. The molecule has 3 nitrogen and oxygen atoms in total. The minimum atomic E-state index is 0.0657. The molecule has 1 rings (SSSR count). The summed E-state index contributed by atoms with van der Waals surface area (Å²) in [4.78, 5) is 4.37. The van der Waals surface area contributed by atoms with E-state index < -0.39 is 0 Å². The van der Waals surface area contributed by atoms with Gasteiger partial charge in [-0.25, -0.2) is 4.98 Å². The van der Waals surface area contributed by atoms with Gasteiger partial charge >= 0.3 is 0 Å². The fourth-order valence-electron chi connectivity index (χ4n) is 1.26. The average Bonchev–Trinajstić information content (AvgIpc) is 2.14. The molecule has 0 radical (unpaired) electrons. The lowest BCUT2D eigenvalue weighted by Gasteiger charge is -2.21. The lowest BCUT2D eigenvalue weighted by molar-refractivity contribution is 0.630. The highest BCUT2D eigenvalue weighted by Crippen LogP contribution is 2.11. The first-order valence-corrected chi connectivity index (χ1v) is 5.45. The van der Waals surface area contributed by atoms with E-state index in [0.717, 1.165) is 18.9 Å². The van der Waals surface area contributed by atoms with Gasteiger partial charge in [-0.15, -0.1) is 0 Å². The second-order valence-electron chi connectivity index (χ2n) is 4.71. The average molecular weight is 207 g/mol. The third-order valence-electron chi connectivity index (χ3n) is 1.91. The molecule has 1 aromatic heterocycles. The van der Waals surface area contributed by atoms with Crippen LogP contribution in [0.5, 0.6) is 0 Å². The highest BCUT2D eigenvalue weighted by molar-refractivity contribution is 5.37. The van der Waals surface area contributed by atoms with E-state index in [9.17, 15) is 0 Å². The topological polar surface area (TPSA) is 37.0 Å². The molecule has 0 aromatic carbocycles. The lowest BCUT2D eigenvalue weighted by atomic mass is 10.1. The summed E-state index contributed by atoms with van der Waals surface area (Å²) < 4.78 is 0. The molecule has 0 aliphatic rings. The molecule has 2 N–H and O–H groups in total. The van der Waals surface area contributed by atoms with Gasteiger partial charge in [0.25, 0.3) is 0 Å². The molecular formula is C12H21N3. The third kappa shape index (κ3) is 4.79. The Labute approximate surface area is 92.3 Å². The van der Waals surface area contributed by atoms with Crippen LogP contribution < -0.4 is 10.6 Å². The number of nitrogens with zero attached hydrogens (tertiary/aromatic N) is 1. The van der Waals surface area contributed by atoms with Crippen molar-refractivity contribution in [1.29, 1.82) is 0 Å². The molecule has 0 spiro atoms. The molecule has 0 saturated carbocycles. The van der Waals surface area contributed by atoms with Crippen LogP contribution in [0.15, 0.2) is 18.3 Å². The monoisotopic (exact) mass is 207 g/mol. The summed E-state index contributed by atoms with van der Waals surface area (Å²) in [5.74, 6) is 0.933. The normalized spacial score (nSPS) is 11.5. The van der Waals surface area contributed by atoms with E-state index in [1.165, 1.54) is 5.56 Å². The quantitative estimate of drug-likeness (QED) is 0.796. The SMILES string of the molecule is CCNCc1ccc(NC(C)(C)C)nc1. The Balaban J connectivity index is 2.56. The van der Waals surface area contributed by atoms with Crippen molar-refractivity contribution < 1.29 is 0 Å². The third-order valence-corrected chi connectivity index (χ3v) is 1.91. The number of nitrogens with one attached hydrogen (secondary N) is 2. The predicted molar refractivity (Wildman–Crippen MR) is 65.0 cm³/mol. The van der Waals surface area contributed by atoms with Crippen LogP contribution in [-0.2, 0) is 6.54 Å². The van der Waals surface area contributed by atoms with Crippen LogP contribution in [0.4, 0.5) is 5.82 Å². The number of hydrogen-bond donors (Lipinski definition) is 2. The Bertz CT molecular complexity index is 285. The molecule has 0 saturated heterocycles. The van der Waals surface area contributed by atoms with Crippen molar-refractivity contribution in [2.45, 2.75) is 39.8 Å². The minimum Gasteiger partial charge on any atom is -0.365 e. The van der Waals surface area contributed by atoms with Crippen molar-refractivity contribution in [1.82, 2.24) is 10.3 Å². The predicted octanol–water partition coefficient (Wildman–Crippen LogP) is 2.40. The minimum absolute atomic E-state index is 0.0657. The van der Waals surface area contributed by atoms with Gasteiger partial charge < -0.3 is 10.6 Å². The summed E-state index contributed by atoms with van der Waals surface area (Å²) in [6.07, 6.45) is 1.91. The van der Waals surface area contributed by atoms with Crippen LogP contribution in [0, 0.1) is 0 Å². The first kappa shape index (κ1) is 12.0. The highest BCUT2D eigenvalue weighted by atomic mass is 15.0. The van der Waals surface area contributed by atoms with Gasteiger partial charge in [-0.05, 0) is 38.9 Å². The van der Waals surface area contributed by atoms with E-state index in [-0.39, 0.29) is 5.54 Å². The van der Waals surface area contributed by atoms with Gasteiger partial charge in [0.05, 0.1) is 0 Å². The molecule has 0 fully saturated rings. The van der Waals surface area contributed by atoms with Gasteiger partial charge in [-0.1, -0.05) is 13.0 Å². The number of hydrogen-bond acceptors (Lipinski definition) is 3. The highest BCUT2D eigenvalue weighted by Gasteiger charge is 2.09. The molecule has 0 aliphatic carbocycles. The fourth-order valence-corrected chi connectivity index (χ4v) is 1.26. The summed E-state index contributed by atoms with van der Waals surface area (Å²) in [6, 6.07) is 4.13. The van der Waals surface area contributed by atoms with Crippen molar-refractivity contribution in [2.75, 3.05) is 11.9 Å². The zero-order valence-electron chi connectivity index (χ0n) is 10.1. The summed E-state index contributed by atoms with van der Waals surface area (Å²) in [5.41, 5.74) is 1.28. The van der Waals surface area contributed by atoms with E-state index in [1.807, 2.05) is 12.3 Å². The molecule has 1 heterocycles. The van der Waals surface area contributed by atoms with Crippen molar-refractivity contribution >= 4 is 5.82 Å². The largest absolute Gasteiger partial charge is 0.365 e. The van der Waals surface area contributed by atoms with E-state index in [1.54, 1.807) is 0 Å². The Kier molecular flexibility index (Phi) is 4.09. The Hall–Kier alpha value is -1.09. The van der Waals surface area contributed by atoms with Crippen molar-refractivity contribution in [3.8, 4) is 0 Å². The standard InChI is InChI=1S/C12H21N3/c1-5-13-8-10-6-7-11(14-9-10)15-12(2,3)4/h6-7,9,13H,5,8H2,1-4H3,(H,14,15). The smallest absolute Gasteiger partial charge is 0.126 e. The summed E-state index contributed by atoms with van der Waals surface area (Å²) in [5, 5.41) is 6.60. The van der Waals surface area contributed by atoms with Gasteiger partial charge in [-0.2, -0.15) is 0 Å². The maximum atomic E-state index is 4.37. The Morgan fingerprint density at radius 3 is 2.47 bits per heavy atom. The molecule has 0 bridgehead atoms. The van der Waals surface area contributed by atoms with Crippen LogP contribution in [-0.4, -0.2) is 17.1 Å². The molecule has 0 unspecified atom stereocenters. The second kappa shape index (κ2) is 5.12. The molecule has 15 heavy (non-hydrogen) atoms. The maximum absolute atomic E-state index is 4.37. The molecule has 1 aromatic rings. The Morgan fingerprint density at radius 1 is 1.27 bits per heavy atom. The van der Waals surface area contributed by atoms with Crippen LogP contribution in [0.3, 0.4) is 0 Å². The zero-order valence-corrected chi connectivity index (χ0v) is 10.1. The fraction of sp³-hybridized carbons (Fsp3) is 0.583. The number of anilines is 1. The zero-order chi connectivity index (χ0) is 11.3. The van der Waals surface area contributed by atoms with Gasteiger partial charge in [0.2, 0.25) is 0 Å². The van der Waals surface area contributed by atoms with Crippen molar-refractivity contribution in [2.24, 2.45) is 0 Å². The van der Waals surface area contributed by atoms with Crippen molar-refractivity contribution in [3.05, 3.63) is 23.9 Å². The summed E-state index contributed by atoms with van der Waals surface area (Å²) in [7, 11) is 0. The molecule has 84 valence electrons. The first-order valence-electron chi connectivity index (χ1n) is 5.45. The molecule has 0 atom stereocenters. The lowest BCUT2D eigenvalue weighted by Crippen LogP contribution is -2.26. The number of aromatic nitrogens is 1. The molecule has 3 heteroatoms. The summed E-state index contributed by atoms with van der Waals surface area (Å²) >= 11 is 0. The Morgan fingerprint density at radius 2 is 2.00 bits per heavy atom. The number of pyridine rings is 1. The first-order chi connectivity index (χ1) is 7.01. The van der Waals surface area contributed by atoms with Crippen LogP contribution >= 0.6 is 0 Å².